The smallest absolute Gasteiger partial charge is 0.268 e. The zero-order chi connectivity index (χ0) is 15.0. The number of hydrogen-bond donors (Lipinski definition) is 1. The van der Waals surface area contributed by atoms with Crippen LogP contribution >= 0.6 is 0 Å². The standard InChI is InChI=1S/C13H10F3N5/c1-21-10(5-6-17-21)8-3-2-4-9(7-8)11-18-12(20-19-11)13(14,15)16/h2-7H,1H3,(H,18,19,20). The number of aromatic amines is 1. The van der Waals surface area contributed by atoms with Crippen molar-refractivity contribution in [2.45, 2.75) is 6.18 Å². The monoisotopic (exact) mass is 293 g/mol. The molecule has 0 fully saturated rings. The second-order valence-electron chi connectivity index (χ2n) is 4.43. The minimum absolute atomic E-state index is 0.00587. The number of benzene rings is 1. The van der Waals surface area contributed by atoms with Gasteiger partial charge in [0, 0.05) is 24.4 Å². The van der Waals surface area contributed by atoms with Crippen LogP contribution in [0.25, 0.3) is 22.6 Å². The van der Waals surface area contributed by atoms with Crippen molar-refractivity contribution in [3.63, 3.8) is 0 Å². The second kappa shape index (κ2) is 4.72. The van der Waals surface area contributed by atoms with Gasteiger partial charge in [-0.2, -0.15) is 23.4 Å². The molecule has 0 radical (unpaired) electrons. The molecule has 0 amide bonds. The lowest BCUT2D eigenvalue weighted by Gasteiger charge is -2.03. The van der Waals surface area contributed by atoms with Crippen LogP contribution < -0.4 is 0 Å². The summed E-state index contributed by atoms with van der Waals surface area (Å²) in [6.07, 6.45) is -2.89. The third-order valence-electron chi connectivity index (χ3n) is 2.99. The van der Waals surface area contributed by atoms with Gasteiger partial charge in [0.1, 0.15) is 0 Å². The van der Waals surface area contributed by atoms with Crippen molar-refractivity contribution in [2.24, 2.45) is 7.05 Å². The molecule has 1 aromatic carbocycles. The van der Waals surface area contributed by atoms with Gasteiger partial charge in [-0.3, -0.25) is 9.78 Å². The molecule has 0 aliphatic rings. The first kappa shape index (κ1) is 13.3. The Hall–Kier alpha value is -2.64. The van der Waals surface area contributed by atoms with Crippen molar-refractivity contribution in [1.29, 1.82) is 0 Å². The molecular weight excluding hydrogens is 283 g/mol. The molecule has 2 aromatic heterocycles. The molecule has 0 unspecified atom stereocenters. The first-order chi connectivity index (χ1) is 9.95. The first-order valence-electron chi connectivity index (χ1n) is 6.03. The topological polar surface area (TPSA) is 59.4 Å². The van der Waals surface area contributed by atoms with Crippen LogP contribution in [0.15, 0.2) is 36.5 Å². The molecule has 1 N–H and O–H groups in total. The molecule has 0 aliphatic heterocycles. The van der Waals surface area contributed by atoms with E-state index in [1.165, 1.54) is 0 Å². The van der Waals surface area contributed by atoms with Crippen molar-refractivity contribution in [3.8, 4) is 22.6 Å². The van der Waals surface area contributed by atoms with E-state index in [1.54, 1.807) is 36.1 Å². The maximum absolute atomic E-state index is 12.5. The summed E-state index contributed by atoms with van der Waals surface area (Å²) < 4.78 is 39.3. The van der Waals surface area contributed by atoms with Crippen molar-refractivity contribution >= 4 is 0 Å². The number of H-pyrrole nitrogens is 1. The zero-order valence-electron chi connectivity index (χ0n) is 10.9. The van der Waals surface area contributed by atoms with Crippen molar-refractivity contribution in [2.75, 3.05) is 0 Å². The van der Waals surface area contributed by atoms with Gasteiger partial charge in [-0.25, -0.2) is 4.98 Å². The summed E-state index contributed by atoms with van der Waals surface area (Å²) in [5.74, 6) is -1.10. The molecule has 0 bridgehead atoms. The molecule has 0 atom stereocenters. The molecule has 5 nitrogen and oxygen atoms in total. The largest absolute Gasteiger partial charge is 0.451 e. The number of halogens is 3. The molecule has 0 spiro atoms. The summed E-state index contributed by atoms with van der Waals surface area (Å²) in [7, 11) is 1.79. The Morgan fingerprint density at radius 2 is 1.90 bits per heavy atom. The number of aromatic nitrogens is 5. The lowest BCUT2D eigenvalue weighted by molar-refractivity contribution is -0.144. The van der Waals surface area contributed by atoms with Crippen molar-refractivity contribution in [1.82, 2.24) is 25.0 Å². The van der Waals surface area contributed by atoms with Gasteiger partial charge in [0.25, 0.3) is 0 Å². The van der Waals surface area contributed by atoms with Gasteiger partial charge in [0.2, 0.25) is 5.82 Å². The quantitative estimate of drug-likeness (QED) is 0.790. The van der Waals surface area contributed by atoms with Gasteiger partial charge < -0.3 is 0 Å². The summed E-state index contributed by atoms with van der Waals surface area (Å²) in [6, 6.07) is 8.78. The molecule has 0 saturated heterocycles. The number of nitrogens with one attached hydrogen (secondary N) is 1. The fourth-order valence-electron chi connectivity index (χ4n) is 1.99. The van der Waals surface area contributed by atoms with Crippen LogP contribution in [0.2, 0.25) is 0 Å². The maximum Gasteiger partial charge on any atom is 0.451 e. The molecule has 0 saturated carbocycles. The van der Waals surface area contributed by atoms with Gasteiger partial charge in [0.15, 0.2) is 5.82 Å². The minimum atomic E-state index is -4.54. The number of alkyl halides is 3. The van der Waals surface area contributed by atoms with Gasteiger partial charge >= 0.3 is 6.18 Å². The zero-order valence-corrected chi connectivity index (χ0v) is 10.9. The molecule has 2 heterocycles. The Balaban J connectivity index is 2.01. The van der Waals surface area contributed by atoms with E-state index in [-0.39, 0.29) is 5.82 Å². The summed E-state index contributed by atoms with van der Waals surface area (Å²) in [6.45, 7) is 0. The SMILES string of the molecule is Cn1nccc1-c1cccc(-c2n[nH]c(C(F)(F)F)n2)c1. The van der Waals surface area contributed by atoms with Crippen LogP contribution in [0.1, 0.15) is 5.82 Å². The van der Waals surface area contributed by atoms with E-state index in [0.29, 0.717) is 5.56 Å². The van der Waals surface area contributed by atoms with Gasteiger partial charge in [-0.05, 0) is 12.1 Å². The van der Waals surface area contributed by atoms with Crippen LogP contribution in [-0.2, 0) is 13.2 Å². The van der Waals surface area contributed by atoms with E-state index in [1.807, 2.05) is 17.2 Å². The molecule has 108 valence electrons. The van der Waals surface area contributed by atoms with E-state index in [4.69, 9.17) is 0 Å². The Morgan fingerprint density at radius 3 is 2.52 bits per heavy atom. The summed E-state index contributed by atoms with van der Waals surface area (Å²) in [5, 5.41) is 9.59. The Bertz CT molecular complexity index is 772. The van der Waals surface area contributed by atoms with E-state index < -0.39 is 12.0 Å². The van der Waals surface area contributed by atoms with Crippen LogP contribution in [0, 0.1) is 0 Å². The average Bonchev–Trinajstić information content (AvgIpc) is 3.06. The number of rotatable bonds is 2. The van der Waals surface area contributed by atoms with Gasteiger partial charge in [-0.1, -0.05) is 18.2 Å². The third kappa shape index (κ3) is 2.51. The maximum atomic E-state index is 12.5. The highest BCUT2D eigenvalue weighted by Crippen LogP contribution is 2.29. The third-order valence-corrected chi connectivity index (χ3v) is 2.99. The predicted molar refractivity (Wildman–Crippen MR) is 69.0 cm³/mol. The minimum Gasteiger partial charge on any atom is -0.268 e. The highest BCUT2D eigenvalue weighted by Gasteiger charge is 2.35. The lowest BCUT2D eigenvalue weighted by atomic mass is 10.1. The Morgan fingerprint density at radius 1 is 1.14 bits per heavy atom. The highest BCUT2D eigenvalue weighted by atomic mass is 19.4. The molecular formula is C13H10F3N5. The highest BCUT2D eigenvalue weighted by molar-refractivity contribution is 5.67. The lowest BCUT2D eigenvalue weighted by Crippen LogP contribution is -2.07. The van der Waals surface area contributed by atoms with E-state index >= 15 is 0 Å². The predicted octanol–water partition coefficient (Wildman–Crippen LogP) is 2.89. The fourth-order valence-corrected chi connectivity index (χ4v) is 1.99. The van der Waals surface area contributed by atoms with Crippen LogP contribution in [-0.4, -0.2) is 25.0 Å². The second-order valence-corrected chi connectivity index (χ2v) is 4.43. The van der Waals surface area contributed by atoms with Crippen LogP contribution in [0.3, 0.4) is 0 Å². The molecule has 3 aromatic rings. The van der Waals surface area contributed by atoms with Crippen molar-refractivity contribution < 1.29 is 13.2 Å². The van der Waals surface area contributed by atoms with Gasteiger partial charge in [-0.15, -0.1) is 0 Å². The van der Waals surface area contributed by atoms with Crippen LogP contribution in [0.5, 0.6) is 0 Å². The molecule has 0 aliphatic carbocycles. The number of nitrogens with zero attached hydrogens (tertiary/aromatic N) is 4. The number of hydrogen-bond acceptors (Lipinski definition) is 3. The fraction of sp³-hybridized carbons (Fsp3) is 0.154. The normalized spacial score (nSPS) is 11.8. The van der Waals surface area contributed by atoms with E-state index in [0.717, 1.165) is 11.3 Å². The molecule has 8 heteroatoms. The summed E-state index contributed by atoms with van der Waals surface area (Å²) in [4.78, 5) is 3.48. The summed E-state index contributed by atoms with van der Waals surface area (Å²) >= 11 is 0. The first-order valence-corrected chi connectivity index (χ1v) is 6.03. The van der Waals surface area contributed by atoms with Gasteiger partial charge in [0.05, 0.1) is 5.69 Å². The van der Waals surface area contributed by atoms with Crippen molar-refractivity contribution in [3.05, 3.63) is 42.4 Å². The molecule has 3 rings (SSSR count). The summed E-state index contributed by atoms with van der Waals surface area (Å²) in [5.41, 5.74) is 2.18. The number of aryl methyl sites for hydroxylation is 1. The van der Waals surface area contributed by atoms with Crippen LogP contribution in [0.4, 0.5) is 13.2 Å². The van der Waals surface area contributed by atoms with E-state index in [2.05, 4.69) is 15.2 Å². The Labute approximate surface area is 117 Å². The molecule has 21 heavy (non-hydrogen) atoms. The van der Waals surface area contributed by atoms with E-state index in [9.17, 15) is 13.2 Å². The Kier molecular flexibility index (Phi) is 3.00. The average molecular weight is 293 g/mol.